The quantitative estimate of drug-likeness (QED) is 0.450. The molecule has 2 rings (SSSR count). The van der Waals surface area contributed by atoms with Crippen LogP contribution in [0, 0.1) is 10.1 Å². The molecule has 0 bridgehead atoms. The number of nitro groups is 1. The van der Waals surface area contributed by atoms with Gasteiger partial charge in [-0.3, -0.25) is 14.9 Å². The van der Waals surface area contributed by atoms with Crippen LogP contribution in [-0.2, 0) is 9.53 Å². The number of rotatable bonds is 7. The van der Waals surface area contributed by atoms with Crippen LogP contribution >= 0.6 is 0 Å². The summed E-state index contributed by atoms with van der Waals surface area (Å²) in [4.78, 5) is 34.8. The lowest BCUT2D eigenvalue weighted by Crippen LogP contribution is -2.30. The van der Waals surface area contributed by atoms with E-state index in [1.54, 1.807) is 24.3 Å². The first-order valence-corrected chi connectivity index (χ1v) is 7.84. The van der Waals surface area contributed by atoms with Gasteiger partial charge in [-0.2, -0.15) is 0 Å². The van der Waals surface area contributed by atoms with Crippen LogP contribution in [-0.4, -0.2) is 37.1 Å². The maximum Gasteiger partial charge on any atom is 0.339 e. The zero-order chi connectivity index (χ0) is 20.0. The monoisotopic (exact) mass is 374 g/mol. The van der Waals surface area contributed by atoms with Gasteiger partial charge in [0.25, 0.3) is 5.91 Å². The second-order valence-corrected chi connectivity index (χ2v) is 5.38. The molecule has 0 heterocycles. The number of hydrogen-bond acceptors (Lipinski definition) is 7. The number of nitrogens with one attached hydrogen (secondary N) is 1. The molecule has 0 fully saturated rings. The summed E-state index contributed by atoms with van der Waals surface area (Å²) in [5, 5.41) is 13.6. The third-order valence-electron chi connectivity index (χ3n) is 3.63. The SMILES string of the molecule is COc1ccccc1NC(=O)[C@H](C)OC(=O)c1ccc(OC)c([N+](=O)[O-])c1. The molecule has 142 valence electrons. The van der Waals surface area contributed by atoms with Crippen molar-refractivity contribution in [2.45, 2.75) is 13.0 Å². The molecule has 9 nitrogen and oxygen atoms in total. The van der Waals surface area contributed by atoms with Crippen LogP contribution in [0.25, 0.3) is 0 Å². The second kappa shape index (κ2) is 8.65. The number of carbonyl (C=O) groups is 2. The van der Waals surface area contributed by atoms with Crippen LogP contribution in [0.2, 0.25) is 0 Å². The highest BCUT2D eigenvalue weighted by Gasteiger charge is 2.23. The van der Waals surface area contributed by atoms with Gasteiger partial charge in [-0.05, 0) is 31.2 Å². The second-order valence-electron chi connectivity index (χ2n) is 5.38. The third-order valence-corrected chi connectivity index (χ3v) is 3.63. The third kappa shape index (κ3) is 4.72. The van der Waals surface area contributed by atoms with Gasteiger partial charge in [0.05, 0.1) is 30.4 Å². The average molecular weight is 374 g/mol. The van der Waals surface area contributed by atoms with Gasteiger partial charge < -0.3 is 19.5 Å². The highest BCUT2D eigenvalue weighted by Crippen LogP contribution is 2.28. The van der Waals surface area contributed by atoms with E-state index in [0.29, 0.717) is 11.4 Å². The zero-order valence-corrected chi connectivity index (χ0v) is 14.9. The summed E-state index contributed by atoms with van der Waals surface area (Å²) >= 11 is 0. The molecule has 0 spiro atoms. The van der Waals surface area contributed by atoms with Gasteiger partial charge in [0.15, 0.2) is 11.9 Å². The lowest BCUT2D eigenvalue weighted by Gasteiger charge is -2.15. The molecule has 1 amide bonds. The number of carbonyl (C=O) groups excluding carboxylic acids is 2. The molecule has 2 aromatic carbocycles. The Morgan fingerprint density at radius 1 is 1.07 bits per heavy atom. The van der Waals surface area contributed by atoms with Gasteiger partial charge in [-0.25, -0.2) is 4.79 Å². The molecule has 0 unspecified atom stereocenters. The van der Waals surface area contributed by atoms with E-state index in [-0.39, 0.29) is 17.0 Å². The number of benzene rings is 2. The van der Waals surface area contributed by atoms with Crippen LogP contribution < -0.4 is 14.8 Å². The van der Waals surface area contributed by atoms with Crippen molar-refractivity contribution in [2.75, 3.05) is 19.5 Å². The first-order chi connectivity index (χ1) is 12.9. The molecule has 0 aromatic heterocycles. The van der Waals surface area contributed by atoms with Gasteiger partial charge in [0.2, 0.25) is 0 Å². The minimum atomic E-state index is -1.14. The number of nitrogens with zero attached hydrogens (tertiary/aromatic N) is 1. The van der Waals surface area contributed by atoms with Crippen LogP contribution in [0.4, 0.5) is 11.4 Å². The van der Waals surface area contributed by atoms with Crippen molar-refractivity contribution in [3.8, 4) is 11.5 Å². The lowest BCUT2D eigenvalue weighted by molar-refractivity contribution is -0.385. The van der Waals surface area contributed by atoms with Crippen LogP contribution in [0.1, 0.15) is 17.3 Å². The van der Waals surface area contributed by atoms with E-state index in [4.69, 9.17) is 14.2 Å². The average Bonchev–Trinajstić information content (AvgIpc) is 2.67. The van der Waals surface area contributed by atoms with E-state index in [1.165, 1.54) is 33.3 Å². The largest absolute Gasteiger partial charge is 0.495 e. The number of anilines is 1. The molecule has 0 aliphatic carbocycles. The van der Waals surface area contributed by atoms with E-state index in [2.05, 4.69) is 5.32 Å². The molecule has 0 saturated carbocycles. The molecule has 0 radical (unpaired) electrons. The molecule has 0 aliphatic rings. The van der Waals surface area contributed by atoms with Crippen molar-refractivity contribution >= 4 is 23.3 Å². The summed E-state index contributed by atoms with van der Waals surface area (Å²) in [5.74, 6) is -0.979. The Kier molecular flexibility index (Phi) is 6.32. The van der Waals surface area contributed by atoms with Gasteiger partial charge >= 0.3 is 11.7 Å². The van der Waals surface area contributed by atoms with Crippen molar-refractivity contribution in [1.82, 2.24) is 0 Å². The Morgan fingerprint density at radius 3 is 2.37 bits per heavy atom. The van der Waals surface area contributed by atoms with Gasteiger partial charge in [0, 0.05) is 6.07 Å². The number of amides is 1. The summed E-state index contributed by atoms with van der Waals surface area (Å²) in [6, 6.07) is 10.4. The Hall–Kier alpha value is -3.62. The lowest BCUT2D eigenvalue weighted by atomic mass is 10.2. The maximum atomic E-state index is 12.3. The number of ether oxygens (including phenoxy) is 3. The number of methoxy groups -OCH3 is 2. The first-order valence-electron chi connectivity index (χ1n) is 7.84. The predicted molar refractivity (Wildman–Crippen MR) is 96.1 cm³/mol. The minimum absolute atomic E-state index is 0.0125. The Morgan fingerprint density at radius 2 is 1.74 bits per heavy atom. The maximum absolute atomic E-state index is 12.3. The van der Waals surface area contributed by atoms with Crippen LogP contribution in [0.15, 0.2) is 42.5 Å². The Bertz CT molecular complexity index is 867. The molecular formula is C18H18N2O7. The highest BCUT2D eigenvalue weighted by molar-refractivity contribution is 5.98. The fourth-order valence-electron chi connectivity index (χ4n) is 2.22. The van der Waals surface area contributed by atoms with Gasteiger partial charge in [0.1, 0.15) is 5.75 Å². The van der Waals surface area contributed by atoms with Crippen molar-refractivity contribution in [2.24, 2.45) is 0 Å². The standard InChI is InChI=1S/C18H18N2O7/c1-11(17(21)19-13-6-4-5-7-15(13)25-2)27-18(22)12-8-9-16(26-3)14(10-12)20(23)24/h4-11H,1-3H3,(H,19,21)/t11-/m0/s1. The van der Waals surface area contributed by atoms with E-state index >= 15 is 0 Å². The van der Waals surface area contributed by atoms with E-state index in [0.717, 1.165) is 6.07 Å². The van der Waals surface area contributed by atoms with Gasteiger partial charge in [-0.15, -0.1) is 0 Å². The fraction of sp³-hybridized carbons (Fsp3) is 0.222. The number of nitro benzene ring substituents is 1. The summed E-state index contributed by atoms with van der Waals surface area (Å²) < 4.78 is 15.1. The summed E-state index contributed by atoms with van der Waals surface area (Å²) in [6.45, 7) is 1.39. The van der Waals surface area contributed by atoms with Crippen LogP contribution in [0.3, 0.4) is 0 Å². The number of hydrogen-bond donors (Lipinski definition) is 1. The fourth-order valence-corrected chi connectivity index (χ4v) is 2.22. The van der Waals surface area contributed by atoms with E-state index < -0.39 is 22.9 Å². The first kappa shape index (κ1) is 19.7. The van der Waals surface area contributed by atoms with E-state index in [9.17, 15) is 19.7 Å². The van der Waals surface area contributed by atoms with Gasteiger partial charge in [-0.1, -0.05) is 12.1 Å². The number of para-hydroxylation sites is 2. The molecular weight excluding hydrogens is 356 g/mol. The summed E-state index contributed by atoms with van der Waals surface area (Å²) in [7, 11) is 2.75. The molecule has 0 saturated heterocycles. The van der Waals surface area contributed by atoms with Crippen molar-refractivity contribution in [1.29, 1.82) is 0 Å². The van der Waals surface area contributed by atoms with Crippen molar-refractivity contribution < 1.29 is 28.7 Å². The van der Waals surface area contributed by atoms with Crippen molar-refractivity contribution in [3.63, 3.8) is 0 Å². The molecule has 9 heteroatoms. The molecule has 0 aliphatic heterocycles. The predicted octanol–water partition coefficient (Wildman–Crippen LogP) is 2.80. The smallest absolute Gasteiger partial charge is 0.339 e. The summed E-state index contributed by atoms with van der Waals surface area (Å²) in [6.07, 6.45) is -1.14. The minimum Gasteiger partial charge on any atom is -0.495 e. The molecule has 1 N–H and O–H groups in total. The summed E-state index contributed by atoms with van der Waals surface area (Å²) in [5.41, 5.74) is -0.0227. The van der Waals surface area contributed by atoms with Crippen LogP contribution in [0.5, 0.6) is 11.5 Å². The topological polar surface area (TPSA) is 117 Å². The molecule has 1 atom stereocenters. The zero-order valence-electron chi connectivity index (χ0n) is 14.9. The Labute approximate surface area is 155 Å². The Balaban J connectivity index is 2.09. The normalized spacial score (nSPS) is 11.2. The molecule has 2 aromatic rings. The number of esters is 1. The highest BCUT2D eigenvalue weighted by atomic mass is 16.6. The molecule has 27 heavy (non-hydrogen) atoms. The van der Waals surface area contributed by atoms with Crippen molar-refractivity contribution in [3.05, 3.63) is 58.1 Å². The van der Waals surface area contributed by atoms with E-state index in [1.807, 2.05) is 0 Å².